The zero-order valence-corrected chi connectivity index (χ0v) is 13.9. The average Bonchev–Trinajstić information content (AvgIpc) is 3.19. The molecule has 0 bridgehead atoms. The smallest absolute Gasteiger partial charge is 0.360 e. The molecule has 27 heavy (non-hydrogen) atoms. The summed E-state index contributed by atoms with van der Waals surface area (Å²) in [5.41, 5.74) is -0.282. The van der Waals surface area contributed by atoms with Crippen LogP contribution in [-0.4, -0.2) is 15.5 Å². The quantitative estimate of drug-likeness (QED) is 0.557. The Bertz CT molecular complexity index is 1240. The van der Waals surface area contributed by atoms with Gasteiger partial charge in [0, 0.05) is 11.5 Å². The molecule has 4 aromatic rings. The lowest BCUT2D eigenvalue weighted by Crippen LogP contribution is -2.28. The van der Waals surface area contributed by atoms with E-state index in [0.29, 0.717) is 22.4 Å². The number of amides is 1. The first-order valence-electron chi connectivity index (χ1n) is 8.03. The van der Waals surface area contributed by atoms with Gasteiger partial charge < -0.3 is 14.2 Å². The molecule has 0 radical (unpaired) electrons. The van der Waals surface area contributed by atoms with Crippen molar-refractivity contribution < 1.29 is 13.6 Å². The van der Waals surface area contributed by atoms with E-state index in [1.54, 1.807) is 36.4 Å². The van der Waals surface area contributed by atoms with Crippen LogP contribution in [0.25, 0.3) is 22.4 Å². The van der Waals surface area contributed by atoms with E-state index in [9.17, 15) is 14.4 Å². The topological polar surface area (TPSA) is 107 Å². The summed E-state index contributed by atoms with van der Waals surface area (Å²) < 4.78 is 11.5. The van der Waals surface area contributed by atoms with Gasteiger partial charge in [0.15, 0.2) is 5.76 Å². The number of nitrogens with zero attached hydrogens (tertiary/aromatic N) is 2. The van der Waals surface area contributed by atoms with Crippen LogP contribution < -0.4 is 16.5 Å². The first-order chi connectivity index (χ1) is 13.1. The molecule has 1 amide bonds. The van der Waals surface area contributed by atoms with Crippen molar-refractivity contribution in [3.05, 3.63) is 81.9 Å². The third-order valence-electron chi connectivity index (χ3n) is 3.88. The fourth-order valence-corrected chi connectivity index (χ4v) is 2.60. The SMILES string of the molecule is O=C(Cn1cnc(-c2ccco2)cc1=O)Nc1cc2ccccc2oc1=O. The summed E-state index contributed by atoms with van der Waals surface area (Å²) in [6.07, 6.45) is 2.73. The molecule has 0 unspecified atom stereocenters. The summed E-state index contributed by atoms with van der Waals surface area (Å²) in [6, 6.07) is 13.1. The van der Waals surface area contributed by atoms with Crippen LogP contribution in [0, 0.1) is 0 Å². The summed E-state index contributed by atoms with van der Waals surface area (Å²) >= 11 is 0. The highest BCUT2D eigenvalue weighted by molar-refractivity contribution is 5.92. The minimum absolute atomic E-state index is 0.00640. The first kappa shape index (κ1) is 16.5. The van der Waals surface area contributed by atoms with Gasteiger partial charge in [-0.25, -0.2) is 9.78 Å². The van der Waals surface area contributed by atoms with Crippen molar-refractivity contribution in [2.24, 2.45) is 0 Å². The predicted octanol–water partition coefficient (Wildman–Crippen LogP) is 2.25. The van der Waals surface area contributed by atoms with Crippen molar-refractivity contribution >= 4 is 22.6 Å². The number of carbonyl (C=O) groups is 1. The number of hydrogen-bond donors (Lipinski definition) is 1. The van der Waals surface area contributed by atoms with Crippen molar-refractivity contribution in [2.45, 2.75) is 6.54 Å². The van der Waals surface area contributed by atoms with Gasteiger partial charge in [-0.05, 0) is 24.3 Å². The number of rotatable bonds is 4. The molecule has 0 spiro atoms. The standard InChI is InChI=1S/C19H13N3O5/c23-17(21-14-8-12-4-1-2-5-15(12)27-19(14)25)10-22-11-20-13(9-18(22)24)16-6-3-7-26-16/h1-9,11H,10H2,(H,21,23). The highest BCUT2D eigenvalue weighted by atomic mass is 16.4. The largest absolute Gasteiger partial charge is 0.463 e. The van der Waals surface area contributed by atoms with Gasteiger partial charge in [-0.2, -0.15) is 0 Å². The molecule has 1 aromatic carbocycles. The number of aromatic nitrogens is 2. The maximum atomic E-state index is 12.2. The van der Waals surface area contributed by atoms with Gasteiger partial charge in [-0.3, -0.25) is 14.2 Å². The number of hydrogen-bond acceptors (Lipinski definition) is 6. The van der Waals surface area contributed by atoms with Gasteiger partial charge in [-0.15, -0.1) is 0 Å². The average molecular weight is 363 g/mol. The zero-order chi connectivity index (χ0) is 18.8. The molecule has 8 heteroatoms. The Hall–Kier alpha value is -3.94. The Kier molecular flexibility index (Phi) is 4.13. The lowest BCUT2D eigenvalue weighted by molar-refractivity contribution is -0.116. The van der Waals surface area contributed by atoms with Crippen LogP contribution in [0.2, 0.25) is 0 Å². The van der Waals surface area contributed by atoms with Crippen LogP contribution in [0.15, 0.2) is 79.5 Å². The summed E-state index contributed by atoms with van der Waals surface area (Å²) in [5.74, 6) is -0.0929. The Morgan fingerprint density at radius 2 is 1.96 bits per heavy atom. The van der Waals surface area contributed by atoms with Crippen molar-refractivity contribution in [2.75, 3.05) is 5.32 Å². The van der Waals surface area contributed by atoms with Crippen LogP contribution in [0.5, 0.6) is 0 Å². The molecule has 0 aliphatic rings. The zero-order valence-electron chi connectivity index (χ0n) is 13.9. The van der Waals surface area contributed by atoms with E-state index in [1.165, 1.54) is 24.7 Å². The molecule has 0 saturated carbocycles. The molecule has 3 heterocycles. The van der Waals surface area contributed by atoms with Crippen molar-refractivity contribution in [3.63, 3.8) is 0 Å². The number of para-hydroxylation sites is 1. The van der Waals surface area contributed by atoms with Gasteiger partial charge in [0.05, 0.1) is 12.6 Å². The van der Waals surface area contributed by atoms with Crippen LogP contribution in [0.1, 0.15) is 0 Å². The maximum Gasteiger partial charge on any atom is 0.360 e. The molecular weight excluding hydrogens is 350 g/mol. The van der Waals surface area contributed by atoms with Crippen LogP contribution in [-0.2, 0) is 11.3 Å². The van der Waals surface area contributed by atoms with Gasteiger partial charge in [0.2, 0.25) is 5.91 Å². The monoisotopic (exact) mass is 363 g/mol. The van der Waals surface area contributed by atoms with E-state index >= 15 is 0 Å². The molecule has 0 fully saturated rings. The number of anilines is 1. The molecule has 8 nitrogen and oxygen atoms in total. The van der Waals surface area contributed by atoms with Crippen LogP contribution >= 0.6 is 0 Å². The molecule has 3 aromatic heterocycles. The second-order valence-electron chi connectivity index (χ2n) is 5.75. The second-order valence-corrected chi connectivity index (χ2v) is 5.75. The van der Waals surface area contributed by atoms with Crippen LogP contribution in [0.3, 0.4) is 0 Å². The van der Waals surface area contributed by atoms with Crippen molar-refractivity contribution in [1.82, 2.24) is 9.55 Å². The van der Waals surface area contributed by atoms with Crippen LogP contribution in [0.4, 0.5) is 5.69 Å². The lowest BCUT2D eigenvalue weighted by Gasteiger charge is -2.07. The summed E-state index contributed by atoms with van der Waals surface area (Å²) in [6.45, 7) is -0.295. The maximum absolute atomic E-state index is 12.2. The Balaban J connectivity index is 1.54. The third kappa shape index (κ3) is 3.40. The first-order valence-corrected chi connectivity index (χ1v) is 8.03. The van der Waals surface area contributed by atoms with Crippen molar-refractivity contribution in [3.8, 4) is 11.5 Å². The molecule has 0 aliphatic carbocycles. The fourth-order valence-electron chi connectivity index (χ4n) is 2.60. The second kappa shape index (κ2) is 6.75. The highest BCUT2D eigenvalue weighted by Gasteiger charge is 2.11. The highest BCUT2D eigenvalue weighted by Crippen LogP contribution is 2.16. The van der Waals surface area contributed by atoms with Gasteiger partial charge in [0.25, 0.3) is 5.56 Å². The molecule has 1 N–H and O–H groups in total. The predicted molar refractivity (Wildman–Crippen MR) is 97.3 cm³/mol. The van der Waals surface area contributed by atoms with E-state index in [4.69, 9.17) is 8.83 Å². The van der Waals surface area contributed by atoms with Gasteiger partial charge in [0.1, 0.15) is 23.5 Å². The summed E-state index contributed by atoms with van der Waals surface area (Å²) in [7, 11) is 0. The Morgan fingerprint density at radius 1 is 1.11 bits per heavy atom. The molecule has 134 valence electrons. The molecule has 0 saturated heterocycles. The molecule has 4 rings (SSSR count). The van der Waals surface area contributed by atoms with E-state index in [0.717, 1.165) is 4.57 Å². The van der Waals surface area contributed by atoms with Gasteiger partial charge >= 0.3 is 5.63 Å². The number of carbonyl (C=O) groups excluding carboxylic acids is 1. The Labute approximate surface area is 151 Å². The summed E-state index contributed by atoms with van der Waals surface area (Å²) in [4.78, 5) is 40.5. The number of fused-ring (bicyclic) bond motifs is 1. The van der Waals surface area contributed by atoms with Gasteiger partial charge in [-0.1, -0.05) is 18.2 Å². The molecule has 0 atom stereocenters. The van der Waals surface area contributed by atoms with E-state index in [2.05, 4.69) is 10.3 Å². The van der Waals surface area contributed by atoms with E-state index < -0.39 is 17.1 Å². The number of furan rings is 1. The van der Waals surface area contributed by atoms with E-state index in [-0.39, 0.29) is 12.2 Å². The lowest BCUT2D eigenvalue weighted by atomic mass is 10.2. The Morgan fingerprint density at radius 3 is 2.74 bits per heavy atom. The fraction of sp³-hybridized carbons (Fsp3) is 0.0526. The number of benzene rings is 1. The summed E-state index contributed by atoms with van der Waals surface area (Å²) in [5, 5.41) is 3.14. The normalized spacial score (nSPS) is 10.8. The number of nitrogens with one attached hydrogen (secondary N) is 1. The molecule has 0 aliphatic heterocycles. The minimum Gasteiger partial charge on any atom is -0.463 e. The van der Waals surface area contributed by atoms with Crippen molar-refractivity contribution in [1.29, 1.82) is 0 Å². The van der Waals surface area contributed by atoms with E-state index in [1.807, 2.05) is 0 Å². The third-order valence-corrected chi connectivity index (χ3v) is 3.88. The minimum atomic E-state index is -0.666. The molecular formula is C19H13N3O5.